The third-order valence-electron chi connectivity index (χ3n) is 6.31. The number of aromatic nitrogens is 3. The highest BCUT2D eigenvalue weighted by Crippen LogP contribution is 2.44. The molecule has 4 aromatic heterocycles. The van der Waals surface area contributed by atoms with Crippen LogP contribution in [0.15, 0.2) is 104 Å². The minimum absolute atomic E-state index is 1.14. The van der Waals surface area contributed by atoms with E-state index in [9.17, 15) is 0 Å². The summed E-state index contributed by atoms with van der Waals surface area (Å²) in [6.07, 6.45) is 7.54. The zero-order valence-corrected chi connectivity index (χ0v) is 16.7. The molecule has 0 bridgehead atoms. The molecule has 0 saturated heterocycles. The summed E-state index contributed by atoms with van der Waals surface area (Å²) in [5.41, 5.74) is 8.46. The van der Waals surface area contributed by atoms with Gasteiger partial charge in [0.15, 0.2) is 0 Å². The summed E-state index contributed by atoms with van der Waals surface area (Å²) >= 11 is 0. The van der Waals surface area contributed by atoms with Crippen LogP contribution in [0.5, 0.6) is 0 Å². The van der Waals surface area contributed by atoms with E-state index in [0.717, 1.165) is 11.1 Å². The fourth-order valence-electron chi connectivity index (χ4n) is 5.10. The number of para-hydroxylation sites is 1. The van der Waals surface area contributed by atoms with Crippen molar-refractivity contribution in [3.05, 3.63) is 104 Å². The van der Waals surface area contributed by atoms with Gasteiger partial charge in [-0.1, -0.05) is 54.6 Å². The number of benzene rings is 3. The summed E-state index contributed by atoms with van der Waals surface area (Å²) in [5.74, 6) is 0. The Balaban J connectivity index is 1.70. The second-order valence-electron chi connectivity index (χ2n) is 7.92. The van der Waals surface area contributed by atoms with Gasteiger partial charge in [0.1, 0.15) is 0 Å². The molecule has 31 heavy (non-hydrogen) atoms. The monoisotopic (exact) mass is 395 g/mol. The quantitative estimate of drug-likeness (QED) is 0.317. The molecule has 3 heteroatoms. The number of rotatable bonds is 2. The van der Waals surface area contributed by atoms with Crippen LogP contribution in [0.2, 0.25) is 0 Å². The largest absolute Gasteiger partial charge is 0.308 e. The molecule has 0 aliphatic heterocycles. The highest BCUT2D eigenvalue weighted by Gasteiger charge is 2.21. The van der Waals surface area contributed by atoms with Gasteiger partial charge in [0.2, 0.25) is 0 Å². The third-order valence-corrected chi connectivity index (χ3v) is 6.31. The van der Waals surface area contributed by atoms with Gasteiger partial charge in [-0.2, -0.15) is 0 Å². The molecule has 144 valence electrons. The number of nitrogens with zero attached hydrogens (tertiary/aromatic N) is 3. The molecule has 0 atom stereocenters. The van der Waals surface area contributed by atoms with Crippen LogP contribution in [-0.4, -0.2) is 14.4 Å². The summed E-state index contributed by atoms with van der Waals surface area (Å²) in [4.78, 5) is 8.71. The Morgan fingerprint density at radius 2 is 1.03 bits per heavy atom. The van der Waals surface area contributed by atoms with E-state index >= 15 is 0 Å². The van der Waals surface area contributed by atoms with Gasteiger partial charge >= 0.3 is 0 Å². The Hall–Kier alpha value is -4.24. The van der Waals surface area contributed by atoms with Crippen LogP contribution >= 0.6 is 0 Å². The van der Waals surface area contributed by atoms with Crippen molar-refractivity contribution in [2.45, 2.75) is 0 Å². The average Bonchev–Trinajstić information content (AvgIpc) is 3.37. The molecular formula is C28H17N3. The maximum Gasteiger partial charge on any atom is 0.0620 e. The average molecular weight is 395 g/mol. The second-order valence-corrected chi connectivity index (χ2v) is 7.92. The molecule has 0 saturated carbocycles. The Kier molecular flexibility index (Phi) is 3.27. The summed E-state index contributed by atoms with van der Waals surface area (Å²) < 4.78 is 2.43. The van der Waals surface area contributed by atoms with Gasteiger partial charge < -0.3 is 4.40 Å². The summed E-state index contributed by atoms with van der Waals surface area (Å²) in [6.45, 7) is 0. The first-order valence-corrected chi connectivity index (χ1v) is 10.4. The normalized spacial score (nSPS) is 11.9. The number of hydrogen-bond donors (Lipinski definition) is 0. The van der Waals surface area contributed by atoms with Crippen LogP contribution < -0.4 is 0 Å². The SMILES string of the molecule is c1cncc(-c2cccc3c2c2cccc4c5c(-c6cccnc6)cccc5n3c24)c1. The van der Waals surface area contributed by atoms with Crippen LogP contribution in [0.1, 0.15) is 0 Å². The summed E-state index contributed by atoms with van der Waals surface area (Å²) in [7, 11) is 0. The first-order valence-electron chi connectivity index (χ1n) is 10.4. The van der Waals surface area contributed by atoms with E-state index in [0.29, 0.717) is 0 Å². The Morgan fingerprint density at radius 1 is 0.516 bits per heavy atom. The van der Waals surface area contributed by atoms with Gasteiger partial charge in [-0.25, -0.2) is 0 Å². The number of hydrogen-bond acceptors (Lipinski definition) is 2. The molecule has 0 spiro atoms. The van der Waals surface area contributed by atoms with E-state index in [2.05, 4.69) is 81.1 Å². The summed E-state index contributed by atoms with van der Waals surface area (Å²) in [6, 6.07) is 28.1. The molecule has 7 aromatic rings. The molecule has 0 unspecified atom stereocenters. The summed E-state index contributed by atoms with van der Waals surface area (Å²) in [5, 5.41) is 5.12. The molecule has 7 rings (SSSR count). The van der Waals surface area contributed by atoms with Crippen LogP contribution in [0.3, 0.4) is 0 Å². The molecule has 3 aromatic carbocycles. The van der Waals surface area contributed by atoms with Crippen LogP contribution in [-0.2, 0) is 0 Å². The minimum atomic E-state index is 1.14. The molecule has 0 aliphatic rings. The minimum Gasteiger partial charge on any atom is -0.308 e. The Bertz CT molecular complexity index is 1590. The van der Waals surface area contributed by atoms with E-state index in [4.69, 9.17) is 0 Å². The van der Waals surface area contributed by atoms with Crippen molar-refractivity contribution in [2.24, 2.45) is 0 Å². The van der Waals surface area contributed by atoms with Gasteiger partial charge in [-0.05, 0) is 35.4 Å². The second kappa shape index (κ2) is 6.13. The van der Waals surface area contributed by atoms with Crippen molar-refractivity contribution in [2.75, 3.05) is 0 Å². The van der Waals surface area contributed by atoms with Crippen LogP contribution in [0.25, 0.3) is 60.3 Å². The maximum atomic E-state index is 4.35. The highest BCUT2D eigenvalue weighted by molar-refractivity contribution is 6.27. The van der Waals surface area contributed by atoms with Crippen molar-refractivity contribution in [3.63, 3.8) is 0 Å². The van der Waals surface area contributed by atoms with Gasteiger partial charge in [-0.3, -0.25) is 9.97 Å². The van der Waals surface area contributed by atoms with Crippen LogP contribution in [0, 0.1) is 0 Å². The third kappa shape index (κ3) is 2.18. The van der Waals surface area contributed by atoms with Crippen molar-refractivity contribution in [3.8, 4) is 22.3 Å². The van der Waals surface area contributed by atoms with Crippen molar-refractivity contribution >= 4 is 38.1 Å². The molecule has 0 N–H and O–H groups in total. The van der Waals surface area contributed by atoms with E-state index in [1.807, 2.05) is 36.9 Å². The zero-order chi connectivity index (χ0) is 20.4. The van der Waals surface area contributed by atoms with E-state index < -0.39 is 0 Å². The lowest BCUT2D eigenvalue weighted by Crippen LogP contribution is -1.85. The predicted molar refractivity (Wildman–Crippen MR) is 128 cm³/mol. The number of fused-ring (bicyclic) bond motifs is 6. The van der Waals surface area contributed by atoms with Gasteiger partial charge in [0.25, 0.3) is 0 Å². The highest BCUT2D eigenvalue weighted by atomic mass is 14.9. The molecule has 4 heterocycles. The zero-order valence-electron chi connectivity index (χ0n) is 16.7. The predicted octanol–water partition coefficient (Wildman–Crippen LogP) is 6.96. The van der Waals surface area contributed by atoms with Crippen molar-refractivity contribution in [1.82, 2.24) is 14.4 Å². The smallest absolute Gasteiger partial charge is 0.0620 e. The fourth-order valence-corrected chi connectivity index (χ4v) is 5.10. The van der Waals surface area contributed by atoms with Gasteiger partial charge in [0.05, 0.1) is 16.6 Å². The lowest BCUT2D eigenvalue weighted by molar-refractivity contribution is 1.33. The van der Waals surface area contributed by atoms with Gasteiger partial charge in [0, 0.05) is 57.5 Å². The van der Waals surface area contributed by atoms with E-state index in [1.54, 1.807) is 0 Å². The topological polar surface area (TPSA) is 30.2 Å². The molecule has 0 fully saturated rings. The van der Waals surface area contributed by atoms with Crippen molar-refractivity contribution < 1.29 is 0 Å². The van der Waals surface area contributed by atoms with Crippen molar-refractivity contribution in [1.29, 1.82) is 0 Å². The first kappa shape index (κ1) is 16.5. The fraction of sp³-hybridized carbons (Fsp3) is 0. The molecule has 0 amide bonds. The first-order chi connectivity index (χ1) is 15.4. The maximum absolute atomic E-state index is 4.35. The Morgan fingerprint density at radius 3 is 1.52 bits per heavy atom. The van der Waals surface area contributed by atoms with Gasteiger partial charge in [-0.15, -0.1) is 0 Å². The lowest BCUT2D eigenvalue weighted by atomic mass is 9.97. The Labute approximate surface area is 178 Å². The van der Waals surface area contributed by atoms with Crippen LogP contribution in [0.4, 0.5) is 0 Å². The number of pyridine rings is 2. The standard InChI is InChI=1S/C28H17N3/c1-10-22-26-20(18-6-4-14-29-16-18)8-2-12-24(26)31-25-13-3-9-21(19-7-5-15-30-17-19)27(25)23(11-1)28(22)31/h1-17H. The molecular weight excluding hydrogens is 378 g/mol. The molecule has 0 radical (unpaired) electrons. The lowest BCUT2D eigenvalue weighted by Gasteiger charge is -2.07. The van der Waals surface area contributed by atoms with E-state index in [-0.39, 0.29) is 0 Å². The molecule has 0 aliphatic carbocycles. The molecule has 3 nitrogen and oxygen atoms in total. The van der Waals surface area contributed by atoms with E-state index in [1.165, 1.54) is 49.2 Å².